The van der Waals surface area contributed by atoms with Crippen molar-refractivity contribution in [2.75, 3.05) is 0 Å². The van der Waals surface area contributed by atoms with Crippen LogP contribution in [0.3, 0.4) is 0 Å². The van der Waals surface area contributed by atoms with Crippen molar-refractivity contribution in [1.29, 1.82) is 0 Å². The van der Waals surface area contributed by atoms with Crippen LogP contribution >= 0.6 is 0 Å². The van der Waals surface area contributed by atoms with Crippen LogP contribution < -0.4 is 29.6 Å². The standard InChI is InChI=1S/C12H26O3S.Na/c1-3-5-6-7-8-9-10-11-12(4-2)16(13,14)15;/h12H,3-11H2,1-2H3,(H,13,14,15);/q;+1/p-1. The van der Waals surface area contributed by atoms with Gasteiger partial charge in [-0.1, -0.05) is 58.8 Å². The van der Waals surface area contributed by atoms with E-state index in [-0.39, 0.29) is 29.6 Å². The Bertz CT molecular complexity index is 252. The molecule has 0 rings (SSSR count). The molecule has 0 aromatic carbocycles. The summed E-state index contributed by atoms with van der Waals surface area (Å²) in [6, 6.07) is 0. The number of hydrogen-bond acceptors (Lipinski definition) is 3. The third kappa shape index (κ3) is 11.7. The monoisotopic (exact) mass is 272 g/mol. The Labute approximate surface area is 129 Å². The van der Waals surface area contributed by atoms with Gasteiger partial charge in [0.15, 0.2) is 0 Å². The zero-order chi connectivity index (χ0) is 12.4. The fraction of sp³-hybridized carbons (Fsp3) is 1.00. The third-order valence-electron chi connectivity index (χ3n) is 2.99. The van der Waals surface area contributed by atoms with Crippen LogP contribution in [-0.4, -0.2) is 18.2 Å². The number of hydrogen-bond donors (Lipinski definition) is 0. The van der Waals surface area contributed by atoms with Gasteiger partial charge in [-0.2, -0.15) is 0 Å². The molecule has 0 spiro atoms. The zero-order valence-electron chi connectivity index (χ0n) is 11.6. The summed E-state index contributed by atoms with van der Waals surface area (Å²) in [6.45, 7) is 3.95. The second kappa shape index (κ2) is 12.0. The average Bonchev–Trinajstić information content (AvgIpc) is 2.20. The van der Waals surface area contributed by atoms with E-state index in [0.29, 0.717) is 12.8 Å². The largest absolute Gasteiger partial charge is 1.00 e. The van der Waals surface area contributed by atoms with E-state index in [1.807, 2.05) is 0 Å². The molecule has 0 aliphatic rings. The minimum atomic E-state index is -4.07. The summed E-state index contributed by atoms with van der Waals surface area (Å²) in [4.78, 5) is 0. The smallest absolute Gasteiger partial charge is 0.748 e. The fourth-order valence-corrected chi connectivity index (χ4v) is 2.75. The van der Waals surface area contributed by atoms with Gasteiger partial charge in [0.25, 0.3) is 0 Å². The fourth-order valence-electron chi connectivity index (χ4n) is 1.88. The van der Waals surface area contributed by atoms with Gasteiger partial charge in [-0.05, 0) is 12.8 Å². The Balaban J connectivity index is 0. The summed E-state index contributed by atoms with van der Waals surface area (Å²) in [6.07, 6.45) is 9.09. The van der Waals surface area contributed by atoms with Crippen LogP contribution in [0.1, 0.15) is 71.6 Å². The maximum Gasteiger partial charge on any atom is 1.00 e. The molecule has 0 aliphatic carbocycles. The zero-order valence-corrected chi connectivity index (χ0v) is 14.4. The van der Waals surface area contributed by atoms with Crippen LogP contribution in [0.4, 0.5) is 0 Å². The molecular weight excluding hydrogens is 247 g/mol. The van der Waals surface area contributed by atoms with E-state index >= 15 is 0 Å². The van der Waals surface area contributed by atoms with Crippen molar-refractivity contribution in [1.82, 2.24) is 0 Å². The van der Waals surface area contributed by atoms with Gasteiger partial charge in [0.2, 0.25) is 0 Å². The first-order valence-electron chi connectivity index (χ1n) is 6.47. The van der Waals surface area contributed by atoms with Crippen molar-refractivity contribution in [2.24, 2.45) is 0 Å². The molecule has 98 valence electrons. The quantitative estimate of drug-likeness (QED) is 0.330. The molecule has 1 unspecified atom stereocenters. The van der Waals surface area contributed by atoms with E-state index in [9.17, 15) is 13.0 Å². The Hall–Kier alpha value is 0.910. The second-order valence-corrected chi connectivity index (χ2v) is 6.09. The van der Waals surface area contributed by atoms with Crippen molar-refractivity contribution in [2.45, 2.75) is 76.9 Å². The predicted molar refractivity (Wildman–Crippen MR) is 66.4 cm³/mol. The van der Waals surface area contributed by atoms with E-state index in [1.54, 1.807) is 6.92 Å². The van der Waals surface area contributed by atoms with Gasteiger partial charge in [0, 0.05) is 5.25 Å². The first-order chi connectivity index (χ1) is 7.52. The summed E-state index contributed by atoms with van der Waals surface area (Å²) in [5.41, 5.74) is 0. The van der Waals surface area contributed by atoms with E-state index < -0.39 is 15.4 Å². The number of rotatable bonds is 10. The van der Waals surface area contributed by atoms with Gasteiger partial charge in [0.1, 0.15) is 0 Å². The predicted octanol–water partition coefficient (Wildman–Crippen LogP) is 0.455. The molecule has 0 aliphatic heterocycles. The van der Waals surface area contributed by atoms with Crippen LogP contribution in [0.5, 0.6) is 0 Å². The van der Waals surface area contributed by atoms with Gasteiger partial charge < -0.3 is 4.55 Å². The molecule has 0 fully saturated rings. The van der Waals surface area contributed by atoms with Crippen molar-refractivity contribution in [3.63, 3.8) is 0 Å². The van der Waals surface area contributed by atoms with E-state index in [0.717, 1.165) is 19.3 Å². The maximum atomic E-state index is 10.8. The molecule has 0 amide bonds. The topological polar surface area (TPSA) is 57.2 Å². The summed E-state index contributed by atoms with van der Waals surface area (Å²) in [7, 11) is -4.07. The summed E-state index contributed by atoms with van der Waals surface area (Å²) in [5.74, 6) is 0. The van der Waals surface area contributed by atoms with Gasteiger partial charge in [0.05, 0.1) is 10.1 Å². The molecule has 0 heterocycles. The van der Waals surface area contributed by atoms with Gasteiger partial charge in [-0.25, -0.2) is 8.42 Å². The Morgan fingerprint density at radius 1 is 0.941 bits per heavy atom. The Kier molecular flexibility index (Phi) is 14.2. The first-order valence-corrected chi connectivity index (χ1v) is 7.94. The first kappa shape index (κ1) is 20.2. The van der Waals surface area contributed by atoms with E-state index in [2.05, 4.69) is 6.92 Å². The molecule has 17 heavy (non-hydrogen) atoms. The molecule has 0 aromatic heterocycles. The molecule has 1 atom stereocenters. The van der Waals surface area contributed by atoms with Crippen molar-refractivity contribution >= 4 is 10.1 Å². The SMILES string of the molecule is CCCCCCCCCC(CC)S(=O)(=O)[O-].[Na+]. The third-order valence-corrected chi connectivity index (χ3v) is 4.38. The van der Waals surface area contributed by atoms with Crippen molar-refractivity contribution in [3.8, 4) is 0 Å². The summed E-state index contributed by atoms with van der Waals surface area (Å²) < 4.78 is 32.4. The van der Waals surface area contributed by atoms with Crippen LogP contribution in [0, 0.1) is 0 Å². The average molecular weight is 272 g/mol. The molecule has 0 radical (unpaired) electrons. The molecule has 0 bridgehead atoms. The Morgan fingerprint density at radius 3 is 1.82 bits per heavy atom. The molecule has 0 saturated carbocycles. The molecular formula is C12H25NaO3S. The normalized spacial score (nSPS) is 13.1. The van der Waals surface area contributed by atoms with Crippen LogP contribution in [0.15, 0.2) is 0 Å². The maximum absolute atomic E-state index is 10.8. The molecule has 0 N–H and O–H groups in total. The van der Waals surface area contributed by atoms with Gasteiger partial charge in [-0.15, -0.1) is 0 Å². The molecule has 0 saturated heterocycles. The molecule has 0 aromatic rings. The minimum absolute atomic E-state index is 0. The summed E-state index contributed by atoms with van der Waals surface area (Å²) in [5, 5.41) is -0.664. The molecule has 3 nitrogen and oxygen atoms in total. The van der Waals surface area contributed by atoms with E-state index in [1.165, 1.54) is 25.7 Å². The molecule has 5 heteroatoms. The van der Waals surface area contributed by atoms with Gasteiger partial charge >= 0.3 is 29.6 Å². The van der Waals surface area contributed by atoms with Crippen LogP contribution in [0.2, 0.25) is 0 Å². The minimum Gasteiger partial charge on any atom is -0.748 e. The Morgan fingerprint density at radius 2 is 1.41 bits per heavy atom. The summed E-state index contributed by atoms with van der Waals surface area (Å²) >= 11 is 0. The number of unbranched alkanes of at least 4 members (excludes halogenated alkanes) is 6. The van der Waals surface area contributed by atoms with Crippen molar-refractivity contribution in [3.05, 3.63) is 0 Å². The van der Waals surface area contributed by atoms with Crippen LogP contribution in [-0.2, 0) is 10.1 Å². The van der Waals surface area contributed by atoms with Gasteiger partial charge in [-0.3, -0.25) is 0 Å². The second-order valence-electron chi connectivity index (χ2n) is 4.43. The van der Waals surface area contributed by atoms with Crippen LogP contribution in [0.25, 0.3) is 0 Å². The van der Waals surface area contributed by atoms with Crippen molar-refractivity contribution < 1.29 is 42.5 Å². The van der Waals surface area contributed by atoms with E-state index in [4.69, 9.17) is 0 Å².